The van der Waals surface area contributed by atoms with Crippen LogP contribution in [0, 0.1) is 5.82 Å². The molecule has 1 amide bonds. The predicted molar refractivity (Wildman–Crippen MR) is 92.3 cm³/mol. The fourth-order valence-electron chi connectivity index (χ4n) is 1.97. The smallest absolute Gasteiger partial charge is 0.255 e. The Bertz CT molecular complexity index is 856. The van der Waals surface area contributed by atoms with Crippen molar-refractivity contribution in [2.75, 3.05) is 5.32 Å². The van der Waals surface area contributed by atoms with Crippen LogP contribution >= 0.6 is 22.9 Å². The van der Waals surface area contributed by atoms with Crippen LogP contribution in [-0.2, 0) is 6.61 Å². The molecular weight excluding hydrogens is 351 g/mol. The molecule has 0 aliphatic carbocycles. The van der Waals surface area contributed by atoms with Gasteiger partial charge in [0, 0.05) is 16.6 Å². The van der Waals surface area contributed by atoms with E-state index in [-0.39, 0.29) is 10.9 Å². The Balaban J connectivity index is 1.68. The van der Waals surface area contributed by atoms with Crippen molar-refractivity contribution >= 4 is 34.5 Å². The molecule has 122 valence electrons. The highest BCUT2D eigenvalue weighted by atomic mass is 35.5. The third-order valence-corrected chi connectivity index (χ3v) is 4.07. The van der Waals surface area contributed by atoms with Gasteiger partial charge in [-0.3, -0.25) is 4.79 Å². The molecule has 0 unspecified atom stereocenters. The molecule has 0 aliphatic rings. The summed E-state index contributed by atoms with van der Waals surface area (Å²) in [6.07, 6.45) is 0. The zero-order valence-corrected chi connectivity index (χ0v) is 13.9. The Hall–Kier alpha value is -2.44. The molecule has 1 aromatic heterocycles. The first-order valence-corrected chi connectivity index (χ1v) is 8.30. The Labute approximate surface area is 146 Å². The number of aromatic nitrogens is 1. The van der Waals surface area contributed by atoms with E-state index in [4.69, 9.17) is 16.3 Å². The second-order valence-electron chi connectivity index (χ2n) is 4.88. The molecule has 24 heavy (non-hydrogen) atoms. The number of carbonyl (C=O) groups is 1. The summed E-state index contributed by atoms with van der Waals surface area (Å²) in [6.45, 7) is 0.335. The molecule has 0 atom stereocenters. The Kier molecular flexibility index (Phi) is 5.08. The number of hydrogen-bond acceptors (Lipinski definition) is 4. The van der Waals surface area contributed by atoms with Gasteiger partial charge >= 0.3 is 0 Å². The lowest BCUT2D eigenvalue weighted by Gasteiger charge is -2.08. The maximum Gasteiger partial charge on any atom is 0.255 e. The van der Waals surface area contributed by atoms with Gasteiger partial charge < -0.3 is 10.1 Å². The Morgan fingerprint density at radius 2 is 2.17 bits per heavy atom. The zero-order valence-electron chi connectivity index (χ0n) is 12.3. The zero-order chi connectivity index (χ0) is 16.9. The summed E-state index contributed by atoms with van der Waals surface area (Å²) < 4.78 is 18.8. The predicted octanol–water partition coefficient (Wildman–Crippen LogP) is 4.77. The van der Waals surface area contributed by atoms with Gasteiger partial charge in [-0.2, -0.15) is 0 Å². The van der Waals surface area contributed by atoms with Gasteiger partial charge in [-0.05, 0) is 36.4 Å². The summed E-state index contributed by atoms with van der Waals surface area (Å²) in [5, 5.41) is 4.52. The third-order valence-electron chi connectivity index (χ3n) is 3.14. The molecule has 2 aromatic carbocycles. The van der Waals surface area contributed by atoms with Crippen molar-refractivity contribution in [1.29, 1.82) is 0 Å². The average molecular weight is 363 g/mol. The highest BCUT2D eigenvalue weighted by Gasteiger charge is 2.09. The van der Waals surface area contributed by atoms with E-state index >= 15 is 0 Å². The van der Waals surface area contributed by atoms with Crippen LogP contribution in [0.5, 0.6) is 5.75 Å². The quantitative estimate of drug-likeness (QED) is 0.711. The Morgan fingerprint density at radius 3 is 2.92 bits per heavy atom. The number of thiazole rings is 1. The minimum Gasteiger partial charge on any atom is -0.487 e. The van der Waals surface area contributed by atoms with Gasteiger partial charge in [0.2, 0.25) is 0 Å². The summed E-state index contributed by atoms with van der Waals surface area (Å²) in [5.41, 5.74) is 3.40. The lowest BCUT2D eigenvalue weighted by Crippen LogP contribution is -2.12. The number of hydrogen-bond donors (Lipinski definition) is 1. The first kappa shape index (κ1) is 16.4. The van der Waals surface area contributed by atoms with Gasteiger partial charge in [-0.1, -0.05) is 17.7 Å². The number of nitrogens with one attached hydrogen (secondary N) is 1. The van der Waals surface area contributed by atoms with Crippen molar-refractivity contribution in [2.45, 2.75) is 6.61 Å². The SMILES string of the molecule is O=C(Nc1ccc(F)c(Cl)c1)c1cccc(OCc2cscn2)c1. The van der Waals surface area contributed by atoms with Gasteiger partial charge in [0.05, 0.1) is 16.2 Å². The molecule has 0 aliphatic heterocycles. The maximum absolute atomic E-state index is 13.1. The molecule has 0 saturated heterocycles. The van der Waals surface area contributed by atoms with Crippen LogP contribution in [-0.4, -0.2) is 10.9 Å². The lowest BCUT2D eigenvalue weighted by molar-refractivity contribution is 0.102. The summed E-state index contributed by atoms with van der Waals surface area (Å²) in [6, 6.07) is 10.8. The largest absolute Gasteiger partial charge is 0.487 e. The third kappa shape index (κ3) is 4.10. The standard InChI is InChI=1S/C17H12ClFN2O2S/c18-15-7-12(4-5-16(15)19)21-17(22)11-2-1-3-14(6-11)23-8-13-9-24-10-20-13/h1-7,9-10H,8H2,(H,21,22). The molecule has 4 nitrogen and oxygen atoms in total. The van der Waals surface area contributed by atoms with E-state index in [1.165, 1.54) is 29.5 Å². The number of amides is 1. The molecule has 3 rings (SSSR count). The molecule has 0 fully saturated rings. The first-order valence-electron chi connectivity index (χ1n) is 6.98. The molecule has 0 radical (unpaired) electrons. The van der Waals surface area contributed by atoms with Gasteiger partial charge in [-0.25, -0.2) is 9.37 Å². The van der Waals surface area contributed by atoms with Crippen LogP contribution in [0.1, 0.15) is 16.1 Å². The fraction of sp³-hybridized carbons (Fsp3) is 0.0588. The van der Waals surface area contributed by atoms with E-state index in [1.807, 2.05) is 5.38 Å². The number of anilines is 1. The Morgan fingerprint density at radius 1 is 1.29 bits per heavy atom. The fourth-order valence-corrected chi connectivity index (χ4v) is 2.69. The van der Waals surface area contributed by atoms with Crippen LogP contribution < -0.4 is 10.1 Å². The average Bonchev–Trinajstić information content (AvgIpc) is 3.10. The van der Waals surface area contributed by atoms with E-state index in [2.05, 4.69) is 10.3 Å². The molecule has 1 heterocycles. The van der Waals surface area contributed by atoms with Crippen LogP contribution in [0.4, 0.5) is 10.1 Å². The van der Waals surface area contributed by atoms with Crippen molar-refractivity contribution < 1.29 is 13.9 Å². The summed E-state index contributed by atoms with van der Waals surface area (Å²) in [5.74, 6) is -0.309. The van der Waals surface area contributed by atoms with E-state index < -0.39 is 5.82 Å². The van der Waals surface area contributed by atoms with E-state index in [9.17, 15) is 9.18 Å². The van der Waals surface area contributed by atoms with Crippen molar-refractivity contribution in [1.82, 2.24) is 4.98 Å². The lowest BCUT2D eigenvalue weighted by atomic mass is 10.2. The van der Waals surface area contributed by atoms with Gasteiger partial charge in [0.1, 0.15) is 18.2 Å². The molecular formula is C17H12ClFN2O2S. The van der Waals surface area contributed by atoms with E-state index in [0.29, 0.717) is 23.6 Å². The molecule has 1 N–H and O–H groups in total. The maximum atomic E-state index is 13.1. The van der Waals surface area contributed by atoms with Crippen LogP contribution in [0.25, 0.3) is 0 Å². The molecule has 0 saturated carbocycles. The minimum absolute atomic E-state index is 0.0480. The van der Waals surface area contributed by atoms with Gasteiger partial charge in [0.25, 0.3) is 5.91 Å². The van der Waals surface area contributed by atoms with Crippen molar-refractivity contribution in [2.24, 2.45) is 0 Å². The van der Waals surface area contributed by atoms with Gasteiger partial charge in [0.15, 0.2) is 0 Å². The highest BCUT2D eigenvalue weighted by Crippen LogP contribution is 2.21. The van der Waals surface area contributed by atoms with Crippen LogP contribution in [0.2, 0.25) is 5.02 Å². The van der Waals surface area contributed by atoms with Crippen molar-refractivity contribution in [3.63, 3.8) is 0 Å². The molecule has 3 aromatic rings. The number of halogens is 2. The second-order valence-corrected chi connectivity index (χ2v) is 6.01. The monoisotopic (exact) mass is 362 g/mol. The number of benzene rings is 2. The number of ether oxygens (including phenoxy) is 1. The number of nitrogens with zero attached hydrogens (tertiary/aromatic N) is 1. The second kappa shape index (κ2) is 7.42. The van der Waals surface area contributed by atoms with Crippen LogP contribution in [0.3, 0.4) is 0 Å². The van der Waals surface area contributed by atoms with Crippen molar-refractivity contribution in [3.8, 4) is 5.75 Å². The van der Waals surface area contributed by atoms with Crippen molar-refractivity contribution in [3.05, 3.63) is 75.5 Å². The molecule has 0 spiro atoms. The van der Waals surface area contributed by atoms with Crippen LogP contribution in [0.15, 0.2) is 53.4 Å². The van der Waals surface area contributed by atoms with E-state index in [0.717, 1.165) is 5.69 Å². The summed E-state index contributed by atoms with van der Waals surface area (Å²) >= 11 is 7.20. The molecule has 0 bridgehead atoms. The molecule has 7 heteroatoms. The highest BCUT2D eigenvalue weighted by molar-refractivity contribution is 7.07. The first-order chi connectivity index (χ1) is 11.6. The summed E-state index contributed by atoms with van der Waals surface area (Å²) in [4.78, 5) is 16.4. The number of carbonyl (C=O) groups excluding carboxylic acids is 1. The van der Waals surface area contributed by atoms with Gasteiger partial charge in [-0.15, -0.1) is 11.3 Å². The summed E-state index contributed by atoms with van der Waals surface area (Å²) in [7, 11) is 0. The normalized spacial score (nSPS) is 10.4. The topological polar surface area (TPSA) is 51.2 Å². The minimum atomic E-state index is -0.535. The van der Waals surface area contributed by atoms with E-state index in [1.54, 1.807) is 29.8 Å². The number of rotatable bonds is 5.